The second-order valence-electron chi connectivity index (χ2n) is 6.98. The molecule has 0 saturated heterocycles. The van der Waals surface area contributed by atoms with E-state index in [1.54, 1.807) is 0 Å². The number of carbonyl (C=O) groups is 1. The smallest absolute Gasteiger partial charge is 0.220 e. The molecule has 2 heteroatoms. The van der Waals surface area contributed by atoms with Gasteiger partial charge in [0, 0.05) is 12.3 Å². The van der Waals surface area contributed by atoms with Gasteiger partial charge in [-0.05, 0) is 42.5 Å². The lowest BCUT2D eigenvalue weighted by Gasteiger charge is -2.31. The van der Waals surface area contributed by atoms with Gasteiger partial charge in [0.15, 0.2) is 0 Å². The van der Waals surface area contributed by atoms with E-state index in [1.807, 2.05) is 6.92 Å². The highest BCUT2D eigenvalue weighted by Gasteiger charge is 2.29. The van der Waals surface area contributed by atoms with Gasteiger partial charge in [-0.2, -0.15) is 0 Å². The molecule has 0 bridgehead atoms. The summed E-state index contributed by atoms with van der Waals surface area (Å²) in [5, 5.41) is 3.20. The Morgan fingerprint density at radius 1 is 1.04 bits per heavy atom. The normalized spacial score (nSPS) is 16.0. The molecule has 1 amide bonds. The van der Waals surface area contributed by atoms with Crippen LogP contribution >= 0.6 is 0 Å². The quantitative estimate of drug-likeness (QED) is 0.826. The second kappa shape index (κ2) is 6.64. The van der Waals surface area contributed by atoms with Crippen LogP contribution in [0, 0.1) is 0 Å². The van der Waals surface area contributed by atoms with Crippen LogP contribution in [0.1, 0.15) is 61.8 Å². The summed E-state index contributed by atoms with van der Waals surface area (Å²) in [6.07, 6.45) is 5.88. The predicted octanol–water partition coefficient (Wildman–Crippen LogP) is 5.00. The zero-order valence-corrected chi connectivity index (χ0v) is 14.7. The van der Waals surface area contributed by atoms with Gasteiger partial charge in [-0.15, -0.1) is 0 Å². The SMILES string of the molecule is CCCC(=O)NC(C)(C)c1ccccc1C1C=Cc2ccccc21. The number of nitrogens with one attached hydrogen (secondary N) is 1. The average Bonchev–Trinajstić information content (AvgIpc) is 2.98. The molecule has 2 aromatic rings. The lowest BCUT2D eigenvalue weighted by atomic mass is 9.82. The van der Waals surface area contributed by atoms with E-state index in [4.69, 9.17) is 0 Å². The summed E-state index contributed by atoms with van der Waals surface area (Å²) in [7, 11) is 0. The van der Waals surface area contributed by atoms with Gasteiger partial charge in [0.2, 0.25) is 5.91 Å². The molecule has 1 atom stereocenters. The van der Waals surface area contributed by atoms with Crippen molar-refractivity contribution in [2.45, 2.75) is 45.1 Å². The zero-order valence-electron chi connectivity index (χ0n) is 14.7. The van der Waals surface area contributed by atoms with Crippen molar-refractivity contribution in [2.75, 3.05) is 0 Å². The number of hydrogen-bond donors (Lipinski definition) is 1. The summed E-state index contributed by atoms with van der Waals surface area (Å²) < 4.78 is 0. The molecule has 0 fully saturated rings. The summed E-state index contributed by atoms with van der Waals surface area (Å²) in [5.41, 5.74) is 4.67. The highest BCUT2D eigenvalue weighted by Crippen LogP contribution is 2.39. The number of benzene rings is 2. The van der Waals surface area contributed by atoms with Crippen LogP contribution in [0.4, 0.5) is 0 Å². The van der Waals surface area contributed by atoms with Gasteiger partial charge in [0.05, 0.1) is 5.54 Å². The fourth-order valence-electron chi connectivity index (χ4n) is 3.56. The standard InChI is InChI=1S/C22H25NO/c1-4-9-21(24)23-22(2,3)20-13-8-7-12-19(20)18-15-14-16-10-5-6-11-17(16)18/h5-8,10-15,18H,4,9H2,1-3H3,(H,23,24). The van der Waals surface area contributed by atoms with Crippen LogP contribution < -0.4 is 5.32 Å². The maximum atomic E-state index is 12.1. The van der Waals surface area contributed by atoms with Crippen molar-refractivity contribution in [1.29, 1.82) is 0 Å². The Kier molecular flexibility index (Phi) is 4.57. The molecule has 0 spiro atoms. The van der Waals surface area contributed by atoms with Crippen molar-refractivity contribution in [1.82, 2.24) is 5.32 Å². The Morgan fingerprint density at radius 2 is 1.71 bits per heavy atom. The number of rotatable bonds is 5. The number of allylic oxidation sites excluding steroid dienone is 1. The summed E-state index contributed by atoms with van der Waals surface area (Å²) in [4.78, 5) is 12.1. The van der Waals surface area contributed by atoms with Crippen LogP contribution in [-0.4, -0.2) is 5.91 Å². The van der Waals surface area contributed by atoms with E-state index in [2.05, 4.69) is 79.8 Å². The van der Waals surface area contributed by atoms with Crippen LogP contribution in [0.3, 0.4) is 0 Å². The zero-order chi connectivity index (χ0) is 17.2. The van der Waals surface area contributed by atoms with E-state index in [9.17, 15) is 4.79 Å². The van der Waals surface area contributed by atoms with Gasteiger partial charge >= 0.3 is 0 Å². The minimum Gasteiger partial charge on any atom is -0.347 e. The number of amides is 1. The van der Waals surface area contributed by atoms with Crippen molar-refractivity contribution in [3.05, 3.63) is 76.9 Å². The molecule has 24 heavy (non-hydrogen) atoms. The average molecular weight is 319 g/mol. The lowest BCUT2D eigenvalue weighted by Crippen LogP contribution is -2.41. The van der Waals surface area contributed by atoms with Crippen LogP contribution in [0.2, 0.25) is 0 Å². The maximum Gasteiger partial charge on any atom is 0.220 e. The van der Waals surface area contributed by atoms with Crippen molar-refractivity contribution < 1.29 is 4.79 Å². The third kappa shape index (κ3) is 3.14. The molecule has 0 radical (unpaired) electrons. The molecule has 2 nitrogen and oxygen atoms in total. The topological polar surface area (TPSA) is 29.1 Å². The number of fused-ring (bicyclic) bond motifs is 1. The molecular formula is C22H25NO. The first kappa shape index (κ1) is 16.5. The molecule has 1 aliphatic carbocycles. The Morgan fingerprint density at radius 3 is 2.46 bits per heavy atom. The molecule has 1 unspecified atom stereocenters. The maximum absolute atomic E-state index is 12.1. The van der Waals surface area contributed by atoms with E-state index in [0.717, 1.165) is 6.42 Å². The van der Waals surface area contributed by atoms with Crippen molar-refractivity contribution in [2.24, 2.45) is 0 Å². The lowest BCUT2D eigenvalue weighted by molar-refractivity contribution is -0.122. The van der Waals surface area contributed by atoms with Crippen LogP contribution in [0.15, 0.2) is 54.6 Å². The third-order valence-corrected chi connectivity index (χ3v) is 4.70. The fraction of sp³-hybridized carbons (Fsp3) is 0.318. The second-order valence-corrected chi connectivity index (χ2v) is 6.98. The molecule has 0 heterocycles. The molecule has 1 N–H and O–H groups in total. The van der Waals surface area contributed by atoms with Crippen molar-refractivity contribution in [3.8, 4) is 0 Å². The predicted molar refractivity (Wildman–Crippen MR) is 99.8 cm³/mol. The molecule has 0 saturated carbocycles. The highest BCUT2D eigenvalue weighted by atomic mass is 16.1. The van der Waals surface area contributed by atoms with Crippen LogP contribution in [0.25, 0.3) is 6.08 Å². The Hall–Kier alpha value is -2.35. The summed E-state index contributed by atoms with van der Waals surface area (Å²) >= 11 is 0. The molecular weight excluding hydrogens is 294 g/mol. The van der Waals surface area contributed by atoms with Gasteiger partial charge in [-0.3, -0.25) is 4.79 Å². The largest absolute Gasteiger partial charge is 0.347 e. The van der Waals surface area contributed by atoms with Gasteiger partial charge in [-0.25, -0.2) is 0 Å². The summed E-state index contributed by atoms with van der Waals surface area (Å²) in [6, 6.07) is 17.0. The van der Waals surface area contributed by atoms with Gasteiger partial charge in [0.25, 0.3) is 0 Å². The first-order valence-electron chi connectivity index (χ1n) is 8.70. The molecule has 0 aromatic heterocycles. The van der Waals surface area contributed by atoms with E-state index in [0.29, 0.717) is 6.42 Å². The van der Waals surface area contributed by atoms with E-state index in [1.165, 1.54) is 22.3 Å². The third-order valence-electron chi connectivity index (χ3n) is 4.70. The number of carbonyl (C=O) groups excluding carboxylic acids is 1. The minimum atomic E-state index is -0.395. The van der Waals surface area contributed by atoms with Gasteiger partial charge in [-0.1, -0.05) is 67.6 Å². The number of hydrogen-bond acceptors (Lipinski definition) is 1. The monoisotopic (exact) mass is 319 g/mol. The Balaban J connectivity index is 1.98. The molecule has 124 valence electrons. The summed E-state index contributed by atoms with van der Waals surface area (Å²) in [6.45, 7) is 6.20. The highest BCUT2D eigenvalue weighted by molar-refractivity contribution is 5.77. The van der Waals surface area contributed by atoms with Gasteiger partial charge < -0.3 is 5.32 Å². The molecule has 0 aliphatic heterocycles. The van der Waals surface area contributed by atoms with E-state index in [-0.39, 0.29) is 11.8 Å². The van der Waals surface area contributed by atoms with Crippen molar-refractivity contribution in [3.63, 3.8) is 0 Å². The fourth-order valence-corrected chi connectivity index (χ4v) is 3.56. The minimum absolute atomic E-state index is 0.111. The van der Waals surface area contributed by atoms with Crippen LogP contribution in [-0.2, 0) is 10.3 Å². The van der Waals surface area contributed by atoms with Crippen molar-refractivity contribution >= 4 is 12.0 Å². The first-order valence-corrected chi connectivity index (χ1v) is 8.70. The molecule has 2 aromatic carbocycles. The van der Waals surface area contributed by atoms with E-state index >= 15 is 0 Å². The first-order chi connectivity index (χ1) is 11.5. The van der Waals surface area contributed by atoms with Crippen LogP contribution in [0.5, 0.6) is 0 Å². The Bertz CT molecular complexity index is 773. The molecule has 3 rings (SSSR count). The molecule has 1 aliphatic rings. The van der Waals surface area contributed by atoms with E-state index < -0.39 is 5.54 Å². The summed E-state index contributed by atoms with van der Waals surface area (Å²) in [5.74, 6) is 0.361. The Labute approximate surface area is 144 Å². The van der Waals surface area contributed by atoms with Gasteiger partial charge in [0.1, 0.15) is 0 Å².